The van der Waals surface area contributed by atoms with Gasteiger partial charge in [-0.3, -0.25) is 4.79 Å². The Balaban J connectivity index is 1.92. The van der Waals surface area contributed by atoms with Crippen LogP contribution in [0.5, 0.6) is 0 Å². The van der Waals surface area contributed by atoms with Crippen LogP contribution in [0.3, 0.4) is 0 Å². The van der Waals surface area contributed by atoms with E-state index in [1.54, 1.807) is 19.1 Å². The Kier molecular flexibility index (Phi) is 7.08. The lowest BCUT2D eigenvalue weighted by molar-refractivity contribution is -0.115. The summed E-state index contributed by atoms with van der Waals surface area (Å²) >= 11 is 0. The molecule has 0 saturated carbocycles. The molecule has 0 fully saturated rings. The van der Waals surface area contributed by atoms with Crippen molar-refractivity contribution in [1.82, 2.24) is 10.6 Å². The van der Waals surface area contributed by atoms with E-state index in [9.17, 15) is 13.6 Å². The molecule has 0 spiro atoms. The molecule has 0 heterocycles. The Hall–Kier alpha value is -2.96. The number of anilines is 1. The standard InChI is InChI=1S/C19H22F2N4O/c1-3-22-19(23-11-14-8-7-13(2)17(21)9-14)24-12-18(26)25-16-6-4-5-15(20)10-16/h4-10H,3,11-12H2,1-2H3,(H,25,26)(H2,22,23,24). The quantitative estimate of drug-likeness (QED) is 0.548. The van der Waals surface area contributed by atoms with Crippen LogP contribution < -0.4 is 16.0 Å². The molecule has 0 aliphatic carbocycles. The lowest BCUT2D eigenvalue weighted by atomic mass is 10.1. The van der Waals surface area contributed by atoms with Crippen LogP contribution in [0.4, 0.5) is 14.5 Å². The maximum atomic E-state index is 13.6. The molecule has 0 bridgehead atoms. The van der Waals surface area contributed by atoms with Crippen LogP contribution in [0.2, 0.25) is 0 Å². The number of halogens is 2. The molecular weight excluding hydrogens is 338 g/mol. The molecule has 3 N–H and O–H groups in total. The smallest absolute Gasteiger partial charge is 0.243 e. The van der Waals surface area contributed by atoms with Crippen molar-refractivity contribution in [3.8, 4) is 0 Å². The predicted molar refractivity (Wildman–Crippen MR) is 99.0 cm³/mol. The molecule has 2 aromatic carbocycles. The Labute approximate surface area is 151 Å². The van der Waals surface area contributed by atoms with Crippen molar-refractivity contribution in [3.05, 3.63) is 65.2 Å². The fraction of sp³-hybridized carbons (Fsp3) is 0.263. The summed E-state index contributed by atoms with van der Waals surface area (Å²) in [5.41, 5.74) is 1.69. The second kappa shape index (κ2) is 9.50. The zero-order valence-corrected chi connectivity index (χ0v) is 14.8. The molecule has 0 radical (unpaired) electrons. The maximum absolute atomic E-state index is 13.6. The van der Waals surface area contributed by atoms with Crippen molar-refractivity contribution in [3.63, 3.8) is 0 Å². The summed E-state index contributed by atoms with van der Waals surface area (Å²) in [6.45, 7) is 4.45. The van der Waals surface area contributed by atoms with E-state index in [1.807, 2.05) is 13.0 Å². The van der Waals surface area contributed by atoms with Gasteiger partial charge in [0, 0.05) is 12.2 Å². The molecule has 0 aromatic heterocycles. The number of aliphatic imine (C=N–C) groups is 1. The Morgan fingerprint density at radius 2 is 1.92 bits per heavy atom. The minimum absolute atomic E-state index is 0.0371. The second-order valence-corrected chi connectivity index (χ2v) is 5.69. The Morgan fingerprint density at radius 3 is 2.62 bits per heavy atom. The van der Waals surface area contributed by atoms with Gasteiger partial charge in [0.25, 0.3) is 0 Å². The average Bonchev–Trinajstić information content (AvgIpc) is 2.60. The van der Waals surface area contributed by atoms with E-state index in [2.05, 4.69) is 20.9 Å². The van der Waals surface area contributed by atoms with E-state index in [1.165, 1.54) is 24.3 Å². The van der Waals surface area contributed by atoms with Gasteiger partial charge in [-0.25, -0.2) is 13.8 Å². The predicted octanol–water partition coefficient (Wildman–Crippen LogP) is 2.97. The number of rotatable bonds is 6. The van der Waals surface area contributed by atoms with Crippen molar-refractivity contribution in [2.24, 2.45) is 4.99 Å². The molecule has 0 unspecified atom stereocenters. The summed E-state index contributed by atoms with van der Waals surface area (Å²) in [7, 11) is 0. The fourth-order valence-electron chi connectivity index (χ4n) is 2.18. The number of carbonyl (C=O) groups excluding carboxylic acids is 1. The van der Waals surface area contributed by atoms with E-state index in [4.69, 9.17) is 0 Å². The molecule has 0 aliphatic heterocycles. The van der Waals surface area contributed by atoms with E-state index in [0.717, 1.165) is 5.56 Å². The Morgan fingerprint density at radius 1 is 1.12 bits per heavy atom. The first kappa shape index (κ1) is 19.4. The first-order chi connectivity index (χ1) is 12.5. The van der Waals surface area contributed by atoms with Crippen molar-refractivity contribution in [2.45, 2.75) is 20.4 Å². The molecule has 2 rings (SSSR count). The SMILES string of the molecule is CCNC(=NCc1ccc(C)c(F)c1)NCC(=O)Nc1cccc(F)c1. The summed E-state index contributed by atoms with van der Waals surface area (Å²) < 4.78 is 26.7. The fourth-order valence-corrected chi connectivity index (χ4v) is 2.18. The number of nitrogens with one attached hydrogen (secondary N) is 3. The molecule has 26 heavy (non-hydrogen) atoms. The number of benzene rings is 2. The van der Waals surface area contributed by atoms with Gasteiger partial charge in [0.15, 0.2) is 5.96 Å². The van der Waals surface area contributed by atoms with E-state index in [0.29, 0.717) is 23.8 Å². The van der Waals surface area contributed by atoms with Gasteiger partial charge < -0.3 is 16.0 Å². The van der Waals surface area contributed by atoms with Crippen molar-refractivity contribution in [1.29, 1.82) is 0 Å². The zero-order chi connectivity index (χ0) is 18.9. The third-order valence-electron chi connectivity index (χ3n) is 3.52. The van der Waals surface area contributed by atoms with Crippen LogP contribution in [0.15, 0.2) is 47.5 Å². The lowest BCUT2D eigenvalue weighted by Crippen LogP contribution is -2.41. The molecule has 7 heteroatoms. The van der Waals surface area contributed by atoms with Gasteiger partial charge in [-0.2, -0.15) is 0 Å². The molecule has 0 atom stereocenters. The summed E-state index contributed by atoms with van der Waals surface area (Å²) in [5.74, 6) is -0.591. The van der Waals surface area contributed by atoms with E-state index >= 15 is 0 Å². The van der Waals surface area contributed by atoms with Crippen LogP contribution in [0.25, 0.3) is 0 Å². The van der Waals surface area contributed by atoms with Gasteiger partial charge in [0.2, 0.25) is 5.91 Å². The first-order valence-corrected chi connectivity index (χ1v) is 8.30. The monoisotopic (exact) mass is 360 g/mol. The lowest BCUT2D eigenvalue weighted by Gasteiger charge is -2.12. The van der Waals surface area contributed by atoms with Gasteiger partial charge in [-0.05, 0) is 49.2 Å². The second-order valence-electron chi connectivity index (χ2n) is 5.69. The number of hydrogen-bond donors (Lipinski definition) is 3. The van der Waals surface area contributed by atoms with Crippen LogP contribution >= 0.6 is 0 Å². The van der Waals surface area contributed by atoms with Crippen molar-refractivity contribution in [2.75, 3.05) is 18.4 Å². The highest BCUT2D eigenvalue weighted by Gasteiger charge is 2.05. The number of amides is 1. The van der Waals surface area contributed by atoms with Crippen LogP contribution in [-0.2, 0) is 11.3 Å². The maximum Gasteiger partial charge on any atom is 0.243 e. The highest BCUT2D eigenvalue weighted by atomic mass is 19.1. The van der Waals surface area contributed by atoms with E-state index in [-0.39, 0.29) is 24.8 Å². The number of carbonyl (C=O) groups is 1. The largest absolute Gasteiger partial charge is 0.357 e. The van der Waals surface area contributed by atoms with E-state index < -0.39 is 5.82 Å². The van der Waals surface area contributed by atoms with Crippen molar-refractivity contribution >= 4 is 17.6 Å². The average molecular weight is 360 g/mol. The first-order valence-electron chi connectivity index (χ1n) is 8.30. The van der Waals surface area contributed by atoms with Gasteiger partial charge in [-0.15, -0.1) is 0 Å². The molecule has 5 nitrogen and oxygen atoms in total. The molecule has 2 aromatic rings. The minimum atomic E-state index is -0.420. The molecule has 0 aliphatic rings. The van der Waals surface area contributed by atoms with Gasteiger partial charge >= 0.3 is 0 Å². The molecule has 138 valence electrons. The summed E-state index contributed by atoms with van der Waals surface area (Å²) in [6, 6.07) is 10.6. The highest BCUT2D eigenvalue weighted by molar-refractivity contribution is 5.94. The molecular formula is C19H22F2N4O. The molecule has 1 amide bonds. The normalized spacial score (nSPS) is 11.2. The van der Waals surface area contributed by atoms with Crippen LogP contribution in [0, 0.1) is 18.6 Å². The number of nitrogens with zero attached hydrogens (tertiary/aromatic N) is 1. The van der Waals surface area contributed by atoms with Gasteiger partial charge in [-0.1, -0.05) is 18.2 Å². The third-order valence-corrected chi connectivity index (χ3v) is 3.52. The summed E-state index contributed by atoms with van der Waals surface area (Å²) in [6.07, 6.45) is 0. The summed E-state index contributed by atoms with van der Waals surface area (Å²) in [5, 5.41) is 8.50. The number of aryl methyl sites for hydroxylation is 1. The topological polar surface area (TPSA) is 65.5 Å². The van der Waals surface area contributed by atoms with Gasteiger partial charge in [0.05, 0.1) is 13.1 Å². The van der Waals surface area contributed by atoms with Crippen molar-refractivity contribution < 1.29 is 13.6 Å². The molecule has 0 saturated heterocycles. The number of hydrogen-bond acceptors (Lipinski definition) is 2. The minimum Gasteiger partial charge on any atom is -0.357 e. The third kappa shape index (κ3) is 6.16. The summed E-state index contributed by atoms with van der Waals surface area (Å²) in [4.78, 5) is 16.3. The highest BCUT2D eigenvalue weighted by Crippen LogP contribution is 2.10. The van der Waals surface area contributed by atoms with Crippen LogP contribution in [0.1, 0.15) is 18.1 Å². The zero-order valence-electron chi connectivity index (χ0n) is 14.8. The van der Waals surface area contributed by atoms with Crippen LogP contribution in [-0.4, -0.2) is 25.0 Å². The van der Waals surface area contributed by atoms with Gasteiger partial charge in [0.1, 0.15) is 11.6 Å². The Bertz CT molecular complexity index is 793. The number of guanidine groups is 1.